The summed E-state index contributed by atoms with van der Waals surface area (Å²) in [5.41, 5.74) is 0.730. The minimum Gasteiger partial charge on any atom is -0.495 e. The Kier molecular flexibility index (Phi) is 4.11. The first-order valence-electron chi connectivity index (χ1n) is 4.89. The topological polar surface area (TPSA) is 47.0 Å². The predicted octanol–water partition coefficient (Wildman–Crippen LogP) is 4.19. The fourth-order valence-electron chi connectivity index (χ4n) is 1.31. The van der Waals surface area contributed by atoms with Gasteiger partial charge in [0.1, 0.15) is 10.8 Å². The lowest BCUT2D eigenvalue weighted by molar-refractivity contribution is 0.415. The number of halogens is 3. The van der Waals surface area contributed by atoms with Crippen molar-refractivity contribution in [2.45, 2.75) is 0 Å². The van der Waals surface area contributed by atoms with Crippen molar-refractivity contribution >= 4 is 46.3 Å². The second-order valence-corrected chi connectivity index (χ2v) is 4.46. The molecule has 94 valence electrons. The summed E-state index contributed by atoms with van der Waals surface area (Å²) in [5, 5.41) is 4.01. The number of methoxy groups -OCH3 is 1. The van der Waals surface area contributed by atoms with Gasteiger partial charge in [-0.05, 0) is 23.7 Å². The molecule has 1 aromatic heterocycles. The Hall–Kier alpha value is -1.23. The molecule has 7 heteroatoms. The number of anilines is 2. The van der Waals surface area contributed by atoms with Crippen LogP contribution >= 0.6 is 34.8 Å². The Morgan fingerprint density at radius 3 is 2.67 bits per heavy atom. The number of hydrogen-bond donors (Lipinski definition) is 1. The third-order valence-corrected chi connectivity index (χ3v) is 2.90. The van der Waals surface area contributed by atoms with Crippen LogP contribution < -0.4 is 10.1 Å². The molecule has 0 atom stereocenters. The second-order valence-electron chi connectivity index (χ2n) is 3.31. The molecule has 4 nitrogen and oxygen atoms in total. The van der Waals surface area contributed by atoms with Gasteiger partial charge in [0.2, 0.25) is 5.28 Å². The van der Waals surface area contributed by atoms with Gasteiger partial charge in [0.05, 0.1) is 18.3 Å². The monoisotopic (exact) mass is 303 g/mol. The minimum absolute atomic E-state index is 0.114. The van der Waals surface area contributed by atoms with E-state index in [0.717, 1.165) is 5.69 Å². The smallest absolute Gasteiger partial charge is 0.224 e. The molecule has 0 radical (unpaired) electrons. The molecule has 2 aromatic rings. The van der Waals surface area contributed by atoms with Gasteiger partial charge in [-0.1, -0.05) is 23.2 Å². The van der Waals surface area contributed by atoms with Gasteiger partial charge in [-0.3, -0.25) is 0 Å². The Labute approximate surface area is 119 Å². The quantitative estimate of drug-likeness (QED) is 0.864. The number of benzene rings is 1. The molecule has 0 saturated carbocycles. The average molecular weight is 305 g/mol. The summed E-state index contributed by atoms with van der Waals surface area (Å²) < 4.78 is 5.11. The van der Waals surface area contributed by atoms with Gasteiger partial charge in [0, 0.05) is 11.8 Å². The van der Waals surface area contributed by atoms with Crippen molar-refractivity contribution < 1.29 is 4.74 Å². The van der Waals surface area contributed by atoms with Crippen molar-refractivity contribution in [3.8, 4) is 5.75 Å². The van der Waals surface area contributed by atoms with E-state index in [1.54, 1.807) is 25.3 Å². The van der Waals surface area contributed by atoms with Crippen LogP contribution in [0.15, 0.2) is 24.4 Å². The molecule has 0 spiro atoms. The highest BCUT2D eigenvalue weighted by molar-refractivity contribution is 6.33. The van der Waals surface area contributed by atoms with Gasteiger partial charge in [-0.15, -0.1) is 0 Å². The van der Waals surface area contributed by atoms with Crippen LogP contribution in [0.4, 0.5) is 11.5 Å². The van der Waals surface area contributed by atoms with Crippen molar-refractivity contribution in [3.63, 3.8) is 0 Å². The van der Waals surface area contributed by atoms with E-state index in [0.29, 0.717) is 21.6 Å². The van der Waals surface area contributed by atoms with Crippen molar-refractivity contribution in [2.24, 2.45) is 0 Å². The van der Waals surface area contributed by atoms with Crippen molar-refractivity contribution in [2.75, 3.05) is 12.4 Å². The van der Waals surface area contributed by atoms with Gasteiger partial charge in [0.25, 0.3) is 0 Å². The van der Waals surface area contributed by atoms with Crippen molar-refractivity contribution in [3.05, 3.63) is 39.7 Å². The van der Waals surface area contributed by atoms with Crippen LogP contribution in [-0.4, -0.2) is 17.1 Å². The summed E-state index contributed by atoms with van der Waals surface area (Å²) in [5.74, 6) is 0.971. The van der Waals surface area contributed by atoms with Gasteiger partial charge in [0.15, 0.2) is 5.82 Å². The first-order valence-corrected chi connectivity index (χ1v) is 6.02. The summed E-state index contributed by atoms with van der Waals surface area (Å²) in [6.45, 7) is 0. The molecule has 2 rings (SSSR count). The summed E-state index contributed by atoms with van der Waals surface area (Å²) in [7, 11) is 1.54. The van der Waals surface area contributed by atoms with E-state index in [1.165, 1.54) is 6.20 Å². The zero-order valence-electron chi connectivity index (χ0n) is 9.25. The van der Waals surface area contributed by atoms with Crippen LogP contribution in [0.1, 0.15) is 0 Å². The van der Waals surface area contributed by atoms with E-state index in [1.807, 2.05) is 0 Å². The van der Waals surface area contributed by atoms with E-state index < -0.39 is 0 Å². The lowest BCUT2D eigenvalue weighted by Gasteiger charge is -2.09. The zero-order valence-corrected chi connectivity index (χ0v) is 11.5. The summed E-state index contributed by atoms with van der Waals surface area (Å²) >= 11 is 17.6. The lowest BCUT2D eigenvalue weighted by Crippen LogP contribution is -1.96. The van der Waals surface area contributed by atoms with Crippen LogP contribution in [0.25, 0.3) is 0 Å². The second kappa shape index (κ2) is 5.61. The first-order chi connectivity index (χ1) is 8.60. The van der Waals surface area contributed by atoms with E-state index in [4.69, 9.17) is 39.5 Å². The third kappa shape index (κ3) is 2.96. The molecule has 0 aliphatic carbocycles. The zero-order chi connectivity index (χ0) is 13.1. The molecule has 0 unspecified atom stereocenters. The van der Waals surface area contributed by atoms with Crippen LogP contribution in [0.2, 0.25) is 15.3 Å². The SMILES string of the molecule is COc1cc(Nc2nc(Cl)ncc2Cl)ccc1Cl. The highest BCUT2D eigenvalue weighted by Gasteiger charge is 2.07. The minimum atomic E-state index is 0.114. The maximum atomic E-state index is 5.95. The highest BCUT2D eigenvalue weighted by Crippen LogP contribution is 2.30. The number of ether oxygens (including phenoxy) is 1. The molecule has 1 heterocycles. The Morgan fingerprint density at radius 2 is 1.94 bits per heavy atom. The molecular formula is C11H8Cl3N3O. The predicted molar refractivity (Wildman–Crippen MR) is 73.3 cm³/mol. The van der Waals surface area contributed by atoms with Gasteiger partial charge < -0.3 is 10.1 Å². The molecule has 0 fully saturated rings. The molecule has 1 aromatic carbocycles. The van der Waals surface area contributed by atoms with Gasteiger partial charge >= 0.3 is 0 Å². The standard InChI is InChI=1S/C11H8Cl3N3O/c1-18-9-4-6(2-3-7(9)12)16-10-8(13)5-15-11(14)17-10/h2-5H,1H3,(H,15,16,17). The number of nitrogens with zero attached hydrogens (tertiary/aromatic N) is 2. The van der Waals surface area contributed by atoms with Crippen molar-refractivity contribution in [1.82, 2.24) is 9.97 Å². The van der Waals surface area contributed by atoms with E-state index in [-0.39, 0.29) is 5.28 Å². The Bertz CT molecular complexity index is 577. The third-order valence-electron chi connectivity index (χ3n) is 2.13. The highest BCUT2D eigenvalue weighted by atomic mass is 35.5. The summed E-state index contributed by atoms with van der Waals surface area (Å²) in [4.78, 5) is 7.75. The maximum Gasteiger partial charge on any atom is 0.224 e. The first kappa shape index (κ1) is 13.2. The normalized spacial score (nSPS) is 10.2. The molecule has 0 saturated heterocycles. The van der Waals surface area contributed by atoms with E-state index in [2.05, 4.69) is 15.3 Å². The van der Waals surface area contributed by atoms with Gasteiger partial charge in [-0.2, -0.15) is 4.98 Å². The van der Waals surface area contributed by atoms with Crippen molar-refractivity contribution in [1.29, 1.82) is 0 Å². The summed E-state index contributed by atoms with van der Waals surface area (Å²) in [6.07, 6.45) is 1.42. The fraction of sp³-hybridized carbons (Fsp3) is 0.0909. The molecule has 1 N–H and O–H groups in total. The van der Waals surface area contributed by atoms with E-state index >= 15 is 0 Å². The molecule has 0 bridgehead atoms. The fourth-order valence-corrected chi connectivity index (χ4v) is 1.77. The molecule has 0 aliphatic heterocycles. The van der Waals surface area contributed by atoms with Crippen LogP contribution in [0.3, 0.4) is 0 Å². The Morgan fingerprint density at radius 1 is 1.17 bits per heavy atom. The molecule has 0 amide bonds. The van der Waals surface area contributed by atoms with E-state index in [9.17, 15) is 0 Å². The number of hydrogen-bond acceptors (Lipinski definition) is 4. The number of rotatable bonds is 3. The van der Waals surface area contributed by atoms with Gasteiger partial charge in [-0.25, -0.2) is 4.98 Å². The molecular weight excluding hydrogens is 296 g/mol. The largest absolute Gasteiger partial charge is 0.495 e. The van der Waals surface area contributed by atoms with Crippen LogP contribution in [-0.2, 0) is 0 Å². The molecule has 0 aliphatic rings. The Balaban J connectivity index is 2.31. The summed E-state index contributed by atoms with van der Waals surface area (Å²) in [6, 6.07) is 5.21. The molecule has 18 heavy (non-hydrogen) atoms. The number of nitrogens with one attached hydrogen (secondary N) is 1. The van der Waals surface area contributed by atoms with Crippen LogP contribution in [0, 0.1) is 0 Å². The number of aromatic nitrogens is 2. The van der Waals surface area contributed by atoms with Crippen LogP contribution in [0.5, 0.6) is 5.75 Å². The lowest BCUT2D eigenvalue weighted by atomic mass is 10.3. The average Bonchev–Trinajstić information content (AvgIpc) is 2.36. The maximum absolute atomic E-state index is 5.95.